The van der Waals surface area contributed by atoms with Crippen LogP contribution in [0.3, 0.4) is 0 Å². The molecule has 0 heterocycles. The van der Waals surface area contributed by atoms with E-state index in [4.69, 9.17) is 10.8 Å². The summed E-state index contributed by atoms with van der Waals surface area (Å²) in [6.07, 6.45) is -4.63. The fraction of sp³-hybridized carbons (Fsp3) is 0.125. The number of halogens is 3. The van der Waals surface area contributed by atoms with Crippen molar-refractivity contribution in [3.8, 4) is 6.07 Å². The maximum absolute atomic E-state index is 12.4. The maximum Gasteiger partial charge on any atom is 0.417 e. The minimum atomic E-state index is -4.63. The zero-order chi connectivity index (χ0) is 11.5. The van der Waals surface area contributed by atoms with Gasteiger partial charge in [0.05, 0.1) is 17.2 Å². The second-order valence-electron chi connectivity index (χ2n) is 2.53. The molecule has 0 spiro atoms. The SMILES string of the molecule is N#Cc1ccc(N=[N+]=[N-])cc1C(F)(F)F. The van der Waals surface area contributed by atoms with Crippen LogP contribution in [-0.4, -0.2) is 0 Å². The number of benzene rings is 1. The number of azide groups is 1. The van der Waals surface area contributed by atoms with Crippen molar-refractivity contribution < 1.29 is 13.2 Å². The average Bonchev–Trinajstić information content (AvgIpc) is 2.17. The van der Waals surface area contributed by atoms with Gasteiger partial charge in [-0.05, 0) is 17.7 Å². The van der Waals surface area contributed by atoms with E-state index in [0.717, 1.165) is 12.1 Å². The fourth-order valence-electron chi connectivity index (χ4n) is 0.978. The predicted octanol–water partition coefficient (Wildman–Crippen LogP) is 3.52. The van der Waals surface area contributed by atoms with Crippen LogP contribution in [0.25, 0.3) is 10.4 Å². The topological polar surface area (TPSA) is 72.5 Å². The molecule has 0 fully saturated rings. The number of nitrogens with zero attached hydrogens (tertiary/aromatic N) is 4. The van der Waals surface area contributed by atoms with Gasteiger partial charge in [-0.2, -0.15) is 18.4 Å². The van der Waals surface area contributed by atoms with Crippen LogP contribution < -0.4 is 0 Å². The van der Waals surface area contributed by atoms with Gasteiger partial charge in [0.1, 0.15) is 0 Å². The van der Waals surface area contributed by atoms with Crippen LogP contribution in [0.1, 0.15) is 11.1 Å². The molecule has 0 amide bonds. The lowest BCUT2D eigenvalue weighted by molar-refractivity contribution is -0.137. The normalized spacial score (nSPS) is 10.3. The summed E-state index contributed by atoms with van der Waals surface area (Å²) in [6.45, 7) is 0. The van der Waals surface area contributed by atoms with Crippen molar-refractivity contribution >= 4 is 5.69 Å². The van der Waals surface area contributed by atoms with E-state index >= 15 is 0 Å². The Kier molecular flexibility index (Phi) is 2.83. The number of nitriles is 1. The molecule has 7 heteroatoms. The summed E-state index contributed by atoms with van der Waals surface area (Å²) in [5.41, 5.74) is 6.27. The first kappa shape index (κ1) is 10.9. The van der Waals surface area contributed by atoms with Gasteiger partial charge < -0.3 is 0 Å². The summed E-state index contributed by atoms with van der Waals surface area (Å²) in [4.78, 5) is 2.36. The summed E-state index contributed by atoms with van der Waals surface area (Å²) >= 11 is 0. The van der Waals surface area contributed by atoms with Crippen LogP contribution in [0.5, 0.6) is 0 Å². The lowest BCUT2D eigenvalue weighted by atomic mass is 10.1. The van der Waals surface area contributed by atoms with Crippen molar-refractivity contribution in [2.24, 2.45) is 5.11 Å². The van der Waals surface area contributed by atoms with E-state index in [-0.39, 0.29) is 5.69 Å². The van der Waals surface area contributed by atoms with Gasteiger partial charge in [0.2, 0.25) is 0 Å². The van der Waals surface area contributed by atoms with Gasteiger partial charge >= 0.3 is 6.18 Å². The molecule has 0 saturated carbocycles. The van der Waals surface area contributed by atoms with Crippen molar-refractivity contribution in [3.63, 3.8) is 0 Å². The summed E-state index contributed by atoms with van der Waals surface area (Å²) in [7, 11) is 0. The zero-order valence-electron chi connectivity index (χ0n) is 7.15. The summed E-state index contributed by atoms with van der Waals surface area (Å²) in [5.74, 6) is 0. The molecular weight excluding hydrogens is 209 g/mol. The standard InChI is InChI=1S/C8H3F3N4/c9-8(10,11)7-3-6(14-15-13)2-1-5(7)4-12/h1-3H. The molecule has 0 atom stereocenters. The van der Waals surface area contributed by atoms with E-state index < -0.39 is 17.3 Å². The van der Waals surface area contributed by atoms with Crippen LogP contribution in [0.4, 0.5) is 18.9 Å². The molecule has 0 N–H and O–H groups in total. The molecule has 0 unspecified atom stereocenters. The molecule has 15 heavy (non-hydrogen) atoms. The first-order valence-corrected chi connectivity index (χ1v) is 3.65. The smallest absolute Gasteiger partial charge is 0.192 e. The molecule has 1 rings (SSSR count). The summed E-state index contributed by atoms with van der Waals surface area (Å²) in [5, 5.41) is 11.5. The highest BCUT2D eigenvalue weighted by Gasteiger charge is 2.33. The third-order valence-corrected chi connectivity index (χ3v) is 1.59. The third-order valence-electron chi connectivity index (χ3n) is 1.59. The fourth-order valence-corrected chi connectivity index (χ4v) is 0.978. The minimum Gasteiger partial charge on any atom is -0.192 e. The molecule has 0 bridgehead atoms. The largest absolute Gasteiger partial charge is 0.417 e. The molecule has 0 saturated heterocycles. The maximum atomic E-state index is 12.4. The summed E-state index contributed by atoms with van der Waals surface area (Å²) < 4.78 is 37.1. The first-order valence-electron chi connectivity index (χ1n) is 3.65. The summed E-state index contributed by atoms with van der Waals surface area (Å²) in [6, 6.07) is 4.17. The second kappa shape index (κ2) is 3.90. The third kappa shape index (κ3) is 2.39. The van der Waals surface area contributed by atoms with E-state index in [2.05, 4.69) is 10.0 Å². The Bertz CT molecular complexity index is 466. The van der Waals surface area contributed by atoms with Gasteiger partial charge in [-0.1, -0.05) is 11.2 Å². The molecular formula is C8H3F3N4. The highest BCUT2D eigenvalue weighted by molar-refractivity contribution is 5.49. The van der Waals surface area contributed by atoms with E-state index in [9.17, 15) is 13.2 Å². The molecule has 0 aromatic heterocycles. The quantitative estimate of drug-likeness (QED) is 0.398. The molecule has 0 aliphatic heterocycles. The van der Waals surface area contributed by atoms with Crippen molar-refractivity contribution in [1.29, 1.82) is 5.26 Å². The molecule has 0 radical (unpaired) electrons. The van der Waals surface area contributed by atoms with E-state index in [1.165, 1.54) is 6.07 Å². The number of hydrogen-bond acceptors (Lipinski definition) is 2. The van der Waals surface area contributed by atoms with Crippen LogP contribution >= 0.6 is 0 Å². The van der Waals surface area contributed by atoms with Gasteiger partial charge in [0.25, 0.3) is 0 Å². The lowest BCUT2D eigenvalue weighted by Crippen LogP contribution is -2.07. The Morgan fingerprint density at radius 3 is 2.53 bits per heavy atom. The molecule has 0 aliphatic rings. The van der Waals surface area contributed by atoms with Gasteiger partial charge in [-0.25, -0.2) is 0 Å². The Balaban J connectivity index is 3.40. The van der Waals surface area contributed by atoms with Crippen molar-refractivity contribution in [1.82, 2.24) is 0 Å². The molecule has 0 aliphatic carbocycles. The average molecular weight is 212 g/mol. The van der Waals surface area contributed by atoms with E-state index in [1.54, 1.807) is 0 Å². The number of alkyl halides is 3. The molecule has 1 aromatic carbocycles. The van der Waals surface area contributed by atoms with E-state index in [1.807, 2.05) is 0 Å². The zero-order valence-corrected chi connectivity index (χ0v) is 7.15. The van der Waals surface area contributed by atoms with Gasteiger partial charge in [0.15, 0.2) is 0 Å². The number of rotatable bonds is 1. The predicted molar refractivity (Wildman–Crippen MR) is 45.0 cm³/mol. The molecule has 76 valence electrons. The lowest BCUT2D eigenvalue weighted by Gasteiger charge is -2.08. The van der Waals surface area contributed by atoms with Crippen LogP contribution in [0.2, 0.25) is 0 Å². The Morgan fingerprint density at radius 1 is 1.40 bits per heavy atom. The van der Waals surface area contributed by atoms with Crippen LogP contribution in [0.15, 0.2) is 23.3 Å². The van der Waals surface area contributed by atoms with Crippen LogP contribution in [-0.2, 0) is 6.18 Å². The molecule has 1 aromatic rings. The van der Waals surface area contributed by atoms with Crippen molar-refractivity contribution in [2.75, 3.05) is 0 Å². The number of hydrogen-bond donors (Lipinski definition) is 0. The Hall–Kier alpha value is -2.19. The Labute approximate surface area is 82.2 Å². The highest BCUT2D eigenvalue weighted by Crippen LogP contribution is 2.34. The molecule has 4 nitrogen and oxygen atoms in total. The monoisotopic (exact) mass is 212 g/mol. The van der Waals surface area contributed by atoms with Gasteiger partial charge in [-0.3, -0.25) is 0 Å². The van der Waals surface area contributed by atoms with Crippen LogP contribution in [0, 0.1) is 11.3 Å². The van der Waals surface area contributed by atoms with E-state index in [0.29, 0.717) is 6.07 Å². The van der Waals surface area contributed by atoms with Crippen molar-refractivity contribution in [3.05, 3.63) is 39.8 Å². The van der Waals surface area contributed by atoms with Crippen molar-refractivity contribution in [2.45, 2.75) is 6.18 Å². The Morgan fingerprint density at radius 2 is 2.07 bits per heavy atom. The highest BCUT2D eigenvalue weighted by atomic mass is 19.4. The first-order chi connectivity index (χ1) is 6.99. The second-order valence-corrected chi connectivity index (χ2v) is 2.53. The van der Waals surface area contributed by atoms with Gasteiger partial charge in [-0.15, -0.1) is 0 Å². The van der Waals surface area contributed by atoms with Gasteiger partial charge in [0, 0.05) is 10.6 Å². The minimum absolute atomic E-state index is 0.177.